The highest BCUT2D eigenvalue weighted by molar-refractivity contribution is 5.85. The molecule has 2 unspecified atom stereocenters. The van der Waals surface area contributed by atoms with Crippen LogP contribution in [0.2, 0.25) is 0 Å². The third-order valence-corrected chi connectivity index (χ3v) is 6.28. The zero-order chi connectivity index (χ0) is 15.9. The van der Waals surface area contributed by atoms with Crippen LogP contribution in [0.1, 0.15) is 44.6 Å². The van der Waals surface area contributed by atoms with Crippen molar-refractivity contribution in [2.24, 2.45) is 11.8 Å². The SMILES string of the molecule is CCCC1(c2c(OC)ccc3[nH]ncc23)C2CCCC1CNC2. The summed E-state index contributed by atoms with van der Waals surface area (Å²) in [5, 5.41) is 12.4. The summed E-state index contributed by atoms with van der Waals surface area (Å²) in [6.07, 6.45) is 8.46. The molecule has 0 radical (unpaired) electrons. The van der Waals surface area contributed by atoms with E-state index < -0.39 is 0 Å². The second-order valence-electron chi connectivity index (χ2n) is 7.25. The van der Waals surface area contributed by atoms with E-state index in [1.807, 2.05) is 6.20 Å². The van der Waals surface area contributed by atoms with Gasteiger partial charge in [0.2, 0.25) is 0 Å². The van der Waals surface area contributed by atoms with Crippen molar-refractivity contribution < 1.29 is 4.74 Å². The smallest absolute Gasteiger partial charge is 0.123 e. The van der Waals surface area contributed by atoms with Gasteiger partial charge in [-0.3, -0.25) is 5.10 Å². The predicted octanol–water partition coefficient (Wildman–Crippen LogP) is 3.63. The van der Waals surface area contributed by atoms with Gasteiger partial charge in [0.15, 0.2) is 0 Å². The quantitative estimate of drug-likeness (QED) is 0.906. The molecule has 1 aliphatic carbocycles. The Hall–Kier alpha value is -1.55. The molecular weight excluding hydrogens is 286 g/mol. The topological polar surface area (TPSA) is 49.9 Å². The first-order chi connectivity index (χ1) is 11.3. The molecule has 4 nitrogen and oxygen atoms in total. The normalized spacial score (nSPS) is 30.5. The number of ether oxygens (including phenoxy) is 1. The second kappa shape index (κ2) is 5.82. The van der Waals surface area contributed by atoms with Gasteiger partial charge in [0.05, 0.1) is 18.8 Å². The number of H-pyrrole nitrogens is 1. The number of fused-ring (bicyclic) bond motifs is 3. The number of aromatic nitrogens is 2. The third kappa shape index (κ3) is 2.11. The maximum absolute atomic E-state index is 5.85. The molecule has 1 aliphatic heterocycles. The van der Waals surface area contributed by atoms with Gasteiger partial charge >= 0.3 is 0 Å². The monoisotopic (exact) mass is 313 g/mol. The Bertz CT molecular complexity index is 671. The van der Waals surface area contributed by atoms with E-state index in [2.05, 4.69) is 34.6 Å². The van der Waals surface area contributed by atoms with Gasteiger partial charge in [-0.2, -0.15) is 5.10 Å². The average Bonchev–Trinajstić information content (AvgIpc) is 3.02. The zero-order valence-electron chi connectivity index (χ0n) is 14.2. The third-order valence-electron chi connectivity index (χ3n) is 6.28. The highest BCUT2D eigenvalue weighted by Gasteiger charge is 2.51. The van der Waals surface area contributed by atoms with Crippen LogP contribution in [0, 0.1) is 11.8 Å². The number of hydrogen-bond acceptors (Lipinski definition) is 3. The summed E-state index contributed by atoms with van der Waals surface area (Å²) in [6.45, 7) is 4.59. The first-order valence-electron chi connectivity index (χ1n) is 9.02. The van der Waals surface area contributed by atoms with Crippen molar-refractivity contribution in [2.45, 2.75) is 44.4 Å². The molecule has 2 aliphatic rings. The van der Waals surface area contributed by atoms with Gasteiger partial charge in [0.25, 0.3) is 0 Å². The molecule has 1 aromatic heterocycles. The molecule has 2 aromatic rings. The van der Waals surface area contributed by atoms with E-state index in [0.717, 1.165) is 24.4 Å². The van der Waals surface area contributed by atoms with Crippen LogP contribution in [0.25, 0.3) is 10.9 Å². The fraction of sp³-hybridized carbons (Fsp3) is 0.632. The van der Waals surface area contributed by atoms with Gasteiger partial charge in [-0.25, -0.2) is 0 Å². The van der Waals surface area contributed by atoms with Crippen LogP contribution in [0.4, 0.5) is 0 Å². The number of nitrogens with zero attached hydrogens (tertiary/aromatic N) is 1. The minimum absolute atomic E-state index is 0.229. The summed E-state index contributed by atoms with van der Waals surface area (Å²) >= 11 is 0. The van der Waals surface area contributed by atoms with Crippen molar-refractivity contribution in [3.63, 3.8) is 0 Å². The molecule has 1 saturated carbocycles. The maximum Gasteiger partial charge on any atom is 0.123 e. The molecule has 1 aromatic carbocycles. The minimum Gasteiger partial charge on any atom is -0.496 e. The van der Waals surface area contributed by atoms with E-state index in [1.54, 1.807) is 7.11 Å². The molecule has 2 bridgehead atoms. The number of methoxy groups -OCH3 is 1. The fourth-order valence-electron chi connectivity index (χ4n) is 5.46. The van der Waals surface area contributed by atoms with Crippen molar-refractivity contribution in [3.05, 3.63) is 23.9 Å². The molecule has 4 rings (SSSR count). The van der Waals surface area contributed by atoms with Crippen LogP contribution >= 0.6 is 0 Å². The lowest BCUT2D eigenvalue weighted by Gasteiger charge is -2.54. The van der Waals surface area contributed by atoms with Crippen LogP contribution in [0.15, 0.2) is 18.3 Å². The van der Waals surface area contributed by atoms with Gasteiger partial charge in [0, 0.05) is 16.4 Å². The standard InChI is InChI=1S/C19H27N3O/c1-3-9-19(13-5-4-6-14(19)11-20-10-13)18-15-12-21-22-16(15)7-8-17(18)23-2/h7-8,12-14,20H,3-6,9-11H2,1-2H3,(H,21,22). The summed E-state index contributed by atoms with van der Waals surface area (Å²) < 4.78 is 5.85. The van der Waals surface area contributed by atoms with Gasteiger partial charge in [-0.05, 0) is 56.3 Å². The van der Waals surface area contributed by atoms with E-state index in [1.165, 1.54) is 43.1 Å². The van der Waals surface area contributed by atoms with E-state index in [4.69, 9.17) is 4.74 Å². The number of nitrogens with one attached hydrogen (secondary N) is 2. The van der Waals surface area contributed by atoms with Crippen LogP contribution < -0.4 is 10.1 Å². The molecule has 2 fully saturated rings. The molecular formula is C19H27N3O. The lowest BCUT2D eigenvalue weighted by Crippen LogP contribution is -2.57. The van der Waals surface area contributed by atoms with Crippen molar-refractivity contribution in [3.8, 4) is 5.75 Å². The molecule has 0 amide bonds. The van der Waals surface area contributed by atoms with E-state index >= 15 is 0 Å². The maximum atomic E-state index is 5.85. The summed E-state index contributed by atoms with van der Waals surface area (Å²) in [5.41, 5.74) is 2.78. The Morgan fingerprint density at radius 2 is 2.04 bits per heavy atom. The molecule has 2 heterocycles. The molecule has 2 atom stereocenters. The van der Waals surface area contributed by atoms with Crippen molar-refractivity contribution in [1.29, 1.82) is 0 Å². The number of aromatic amines is 1. The summed E-state index contributed by atoms with van der Waals surface area (Å²) in [7, 11) is 1.81. The van der Waals surface area contributed by atoms with E-state index in [9.17, 15) is 0 Å². The van der Waals surface area contributed by atoms with Crippen molar-refractivity contribution >= 4 is 10.9 Å². The number of piperidine rings is 1. The van der Waals surface area contributed by atoms with Gasteiger partial charge in [0.1, 0.15) is 5.75 Å². The van der Waals surface area contributed by atoms with Crippen molar-refractivity contribution in [2.75, 3.05) is 20.2 Å². The Balaban J connectivity index is 1.99. The molecule has 2 N–H and O–H groups in total. The molecule has 4 heteroatoms. The highest BCUT2D eigenvalue weighted by Crippen LogP contribution is 2.55. The summed E-state index contributed by atoms with van der Waals surface area (Å²) in [4.78, 5) is 0. The number of hydrogen-bond donors (Lipinski definition) is 2. The molecule has 124 valence electrons. The average molecular weight is 313 g/mol. The fourth-order valence-corrected chi connectivity index (χ4v) is 5.46. The molecule has 0 spiro atoms. The first kappa shape index (κ1) is 15.0. The van der Waals surface area contributed by atoms with Gasteiger partial charge in [-0.1, -0.05) is 19.8 Å². The largest absolute Gasteiger partial charge is 0.496 e. The highest BCUT2D eigenvalue weighted by atomic mass is 16.5. The number of rotatable bonds is 4. The van der Waals surface area contributed by atoms with Crippen molar-refractivity contribution in [1.82, 2.24) is 15.5 Å². The first-order valence-corrected chi connectivity index (χ1v) is 9.02. The van der Waals surface area contributed by atoms with Crippen LogP contribution in [-0.2, 0) is 5.41 Å². The van der Waals surface area contributed by atoms with Crippen LogP contribution in [0.3, 0.4) is 0 Å². The van der Waals surface area contributed by atoms with E-state index in [-0.39, 0.29) is 5.41 Å². The Labute approximate surface area is 138 Å². The number of benzene rings is 1. The predicted molar refractivity (Wildman–Crippen MR) is 92.9 cm³/mol. The lowest BCUT2D eigenvalue weighted by atomic mass is 9.53. The second-order valence-corrected chi connectivity index (χ2v) is 7.25. The van der Waals surface area contributed by atoms with Crippen LogP contribution in [-0.4, -0.2) is 30.4 Å². The zero-order valence-corrected chi connectivity index (χ0v) is 14.2. The minimum atomic E-state index is 0.229. The van der Waals surface area contributed by atoms with Gasteiger partial charge in [-0.15, -0.1) is 0 Å². The molecule has 23 heavy (non-hydrogen) atoms. The Morgan fingerprint density at radius 1 is 1.26 bits per heavy atom. The Morgan fingerprint density at radius 3 is 2.74 bits per heavy atom. The lowest BCUT2D eigenvalue weighted by molar-refractivity contribution is 0.0568. The van der Waals surface area contributed by atoms with Gasteiger partial charge < -0.3 is 10.1 Å². The Kier molecular flexibility index (Phi) is 3.80. The van der Waals surface area contributed by atoms with Crippen LogP contribution in [0.5, 0.6) is 5.75 Å². The summed E-state index contributed by atoms with van der Waals surface area (Å²) in [5.74, 6) is 2.44. The molecule has 1 saturated heterocycles. The summed E-state index contributed by atoms with van der Waals surface area (Å²) in [6, 6.07) is 4.23. The van der Waals surface area contributed by atoms with E-state index in [0.29, 0.717) is 11.8 Å².